The first kappa shape index (κ1) is 64.9. The van der Waals surface area contributed by atoms with Gasteiger partial charge in [-0.25, -0.2) is 17.9 Å². The molecule has 7 atom stereocenters. The first-order valence-electron chi connectivity index (χ1n) is 24.1. The molecule has 0 heterocycles. The summed E-state index contributed by atoms with van der Waals surface area (Å²) in [7, 11) is -1.69. The summed E-state index contributed by atoms with van der Waals surface area (Å²) < 4.78 is 249. The standard InChI is InChI=1S/C46H62F13NO12P2S2/c1-42-16-15-32-31-12-10-30(24-29(31)9-11-33(32)35(42)13-14-36(42)68-19-7-20-69-43(44(51,52)53,45(54,55)56)46(57,58)59)72-41-39(49)37(47)34(38(48)40(41)50)25-60-17-6-22-75-76-23-21-67-18-5-8-28(26-70-73(61,62)64-2)27-71-74(63,65-3)66-4/h10,12,24,28,32-33,35-36,60H,5-9,11,13-23,25-27H2,1-4H3,(H,61,62). The second kappa shape index (κ2) is 27.7. The van der Waals surface area contributed by atoms with Crippen molar-refractivity contribution in [1.82, 2.24) is 5.32 Å². The van der Waals surface area contributed by atoms with Crippen LogP contribution >= 0.6 is 37.2 Å². The zero-order valence-corrected chi connectivity index (χ0v) is 45.2. The number of hydrogen-bond acceptors (Lipinski definition) is 14. The summed E-state index contributed by atoms with van der Waals surface area (Å²) in [6.45, 7) is 0.130. The highest BCUT2D eigenvalue weighted by Gasteiger charge is 2.85. The fourth-order valence-corrected chi connectivity index (χ4v) is 13.4. The Morgan fingerprint density at radius 2 is 1.41 bits per heavy atom. The highest BCUT2D eigenvalue weighted by atomic mass is 33.1. The van der Waals surface area contributed by atoms with E-state index in [1.807, 2.05) is 6.92 Å². The minimum atomic E-state index is -6.82. The van der Waals surface area contributed by atoms with Crippen LogP contribution in [0.3, 0.4) is 0 Å². The van der Waals surface area contributed by atoms with Crippen molar-refractivity contribution in [3.05, 3.63) is 58.2 Å². The fourth-order valence-electron chi connectivity index (χ4n) is 10.2. The molecule has 0 aliphatic heterocycles. The van der Waals surface area contributed by atoms with Gasteiger partial charge in [0, 0.05) is 64.1 Å². The lowest BCUT2D eigenvalue weighted by Crippen LogP contribution is -2.67. The van der Waals surface area contributed by atoms with E-state index in [0.29, 0.717) is 82.5 Å². The van der Waals surface area contributed by atoms with E-state index in [4.69, 9.17) is 32.3 Å². The van der Waals surface area contributed by atoms with Crippen molar-refractivity contribution in [2.75, 3.05) is 79.0 Å². The Kier molecular flexibility index (Phi) is 23.7. The van der Waals surface area contributed by atoms with Crippen LogP contribution in [0, 0.1) is 46.4 Å². The Morgan fingerprint density at radius 1 is 0.763 bits per heavy atom. The fraction of sp³-hybridized carbons (Fsp3) is 0.739. The number of ether oxygens (including phenoxy) is 4. The summed E-state index contributed by atoms with van der Waals surface area (Å²) in [4.78, 5) is 9.55. The molecule has 0 aromatic heterocycles. The molecular formula is C46H62F13NO12P2S2. The van der Waals surface area contributed by atoms with Gasteiger partial charge in [0.05, 0.1) is 32.5 Å². The van der Waals surface area contributed by atoms with Crippen LogP contribution < -0.4 is 10.1 Å². The lowest BCUT2D eigenvalue weighted by atomic mass is 9.55. The zero-order valence-electron chi connectivity index (χ0n) is 41.8. The van der Waals surface area contributed by atoms with Crippen molar-refractivity contribution in [2.45, 2.75) is 114 Å². The molecular weight excluding hydrogens is 1130 g/mol. The number of aryl methyl sites for hydroxylation is 1. The Balaban J connectivity index is 1.03. The van der Waals surface area contributed by atoms with Crippen LogP contribution in [0.4, 0.5) is 57.1 Å². The van der Waals surface area contributed by atoms with Gasteiger partial charge >= 0.3 is 39.8 Å². The Labute approximate surface area is 439 Å². The number of rotatable bonds is 31. The van der Waals surface area contributed by atoms with Crippen molar-refractivity contribution in [1.29, 1.82) is 0 Å². The number of benzene rings is 2. The molecule has 2 saturated carbocycles. The summed E-state index contributed by atoms with van der Waals surface area (Å²) in [6, 6.07) is 4.74. The van der Waals surface area contributed by atoms with Gasteiger partial charge in [0.1, 0.15) is 5.75 Å². The van der Waals surface area contributed by atoms with Crippen LogP contribution in [-0.2, 0) is 58.9 Å². The molecule has 436 valence electrons. The third kappa shape index (κ3) is 15.8. The molecule has 3 aliphatic carbocycles. The van der Waals surface area contributed by atoms with Crippen molar-refractivity contribution >= 4 is 37.2 Å². The van der Waals surface area contributed by atoms with Gasteiger partial charge in [0.15, 0.2) is 11.6 Å². The van der Waals surface area contributed by atoms with E-state index in [0.717, 1.165) is 32.5 Å². The molecule has 13 nitrogen and oxygen atoms in total. The number of alkyl halides is 9. The Hall–Kier alpha value is -1.91. The van der Waals surface area contributed by atoms with Crippen LogP contribution in [0.2, 0.25) is 0 Å². The molecule has 76 heavy (non-hydrogen) atoms. The van der Waals surface area contributed by atoms with Gasteiger partial charge in [0.25, 0.3) is 0 Å². The molecule has 5 rings (SSSR count). The first-order chi connectivity index (χ1) is 35.6. The Morgan fingerprint density at radius 3 is 2.04 bits per heavy atom. The monoisotopic (exact) mass is 1190 g/mol. The van der Waals surface area contributed by atoms with Crippen LogP contribution in [0.15, 0.2) is 18.2 Å². The summed E-state index contributed by atoms with van der Waals surface area (Å²) >= 11 is 0. The van der Waals surface area contributed by atoms with Gasteiger partial charge < -0.3 is 29.2 Å². The van der Waals surface area contributed by atoms with Crippen LogP contribution in [0.5, 0.6) is 11.5 Å². The van der Waals surface area contributed by atoms with Gasteiger partial charge in [-0.3, -0.25) is 22.6 Å². The van der Waals surface area contributed by atoms with Crippen molar-refractivity contribution in [3.8, 4) is 11.5 Å². The van der Waals surface area contributed by atoms with E-state index in [-0.39, 0.29) is 43.3 Å². The summed E-state index contributed by atoms with van der Waals surface area (Å²) in [5.74, 6) is -6.95. The molecule has 0 bridgehead atoms. The molecule has 2 aromatic carbocycles. The van der Waals surface area contributed by atoms with Gasteiger partial charge in [-0.1, -0.05) is 34.6 Å². The van der Waals surface area contributed by atoms with Gasteiger partial charge in [-0.15, -0.1) is 0 Å². The molecule has 2 aromatic rings. The lowest BCUT2D eigenvalue weighted by Gasteiger charge is -2.50. The second-order valence-electron chi connectivity index (χ2n) is 18.6. The van der Waals surface area contributed by atoms with Crippen LogP contribution in [0.25, 0.3) is 0 Å². The minimum Gasteiger partial charge on any atom is -0.451 e. The lowest BCUT2D eigenvalue weighted by molar-refractivity contribution is -0.457. The van der Waals surface area contributed by atoms with Crippen LogP contribution in [-0.4, -0.2) is 114 Å². The largest absolute Gasteiger partial charge is 0.474 e. The number of fused-ring (bicyclic) bond motifs is 5. The average molecular weight is 1190 g/mol. The maximum Gasteiger partial charge on any atom is 0.474 e. The van der Waals surface area contributed by atoms with E-state index < -0.39 is 118 Å². The predicted molar refractivity (Wildman–Crippen MR) is 254 cm³/mol. The molecule has 0 spiro atoms. The second-order valence-corrected chi connectivity index (χ2v) is 24.8. The third-order valence-electron chi connectivity index (χ3n) is 14.1. The first-order valence-corrected chi connectivity index (χ1v) is 29.6. The van der Waals surface area contributed by atoms with Gasteiger partial charge in [0.2, 0.25) is 17.4 Å². The quantitative estimate of drug-likeness (QED) is 0.0242. The average Bonchev–Trinajstić information content (AvgIpc) is 3.70. The molecule has 0 amide bonds. The van der Waals surface area contributed by atoms with E-state index in [1.165, 1.54) is 27.7 Å². The normalized spacial score (nSPS) is 22.5. The van der Waals surface area contributed by atoms with E-state index in [9.17, 15) is 53.5 Å². The number of hydrogen-bond donors (Lipinski definition) is 2. The van der Waals surface area contributed by atoms with E-state index in [2.05, 4.69) is 14.6 Å². The smallest absolute Gasteiger partial charge is 0.451 e. The molecule has 3 aliphatic rings. The number of halogens is 13. The molecule has 2 fully saturated rings. The van der Waals surface area contributed by atoms with Crippen molar-refractivity contribution in [2.24, 2.45) is 23.2 Å². The van der Waals surface area contributed by atoms with Crippen molar-refractivity contribution in [3.63, 3.8) is 0 Å². The maximum atomic E-state index is 15.4. The summed E-state index contributed by atoms with van der Waals surface area (Å²) in [5.41, 5.74) is -5.90. The van der Waals surface area contributed by atoms with E-state index in [1.54, 1.807) is 12.1 Å². The summed E-state index contributed by atoms with van der Waals surface area (Å²) in [5, 5.41) is 2.80. The molecule has 7 unspecified atom stereocenters. The molecule has 2 N–H and O–H groups in total. The zero-order chi connectivity index (χ0) is 56.3. The van der Waals surface area contributed by atoms with E-state index >= 15 is 17.6 Å². The number of phosphoric ester groups is 2. The predicted octanol–water partition coefficient (Wildman–Crippen LogP) is 13.6. The molecule has 0 radical (unpaired) electrons. The van der Waals surface area contributed by atoms with Gasteiger partial charge in [-0.05, 0) is 117 Å². The maximum absolute atomic E-state index is 15.4. The summed E-state index contributed by atoms with van der Waals surface area (Å²) in [6.07, 6.45) is -16.6. The third-order valence-corrected chi connectivity index (χ3v) is 18.8. The molecule has 0 saturated heterocycles. The molecule has 30 heteroatoms. The highest BCUT2D eigenvalue weighted by molar-refractivity contribution is 8.76. The minimum absolute atomic E-state index is 0.0254. The highest BCUT2D eigenvalue weighted by Crippen LogP contribution is 2.62. The number of nitrogens with one attached hydrogen (secondary N) is 1. The topological polar surface area (TPSA) is 149 Å². The van der Waals surface area contributed by atoms with Crippen LogP contribution in [0.1, 0.15) is 87.3 Å². The van der Waals surface area contributed by atoms with Crippen molar-refractivity contribution < 1.29 is 113 Å². The van der Waals surface area contributed by atoms with Gasteiger partial charge in [-0.2, -0.15) is 48.3 Å². The SMILES string of the molecule is COP(=O)(O)OCC(CCCOCCSSCCCNCc1c(F)c(F)c(Oc2ccc3c(c2)CCC2C3CCC3(C)C(OCCCOC(C(F)(F)F)(C(F)(F)F)C(F)(F)F)CCC23)c(F)c1F)COP(=O)(OC)OC. The number of phosphoric acid groups is 2. The Bertz CT molecular complexity index is 2230.